The molecule has 2 heteroatoms. The molecule has 1 N–H and O–H groups in total. The topological polar surface area (TPSA) is 15.3 Å². The Morgan fingerprint density at radius 2 is 2.13 bits per heavy atom. The summed E-state index contributed by atoms with van der Waals surface area (Å²) in [5.74, 6) is 0.774. The van der Waals surface area contributed by atoms with Crippen molar-refractivity contribution < 1.29 is 0 Å². The first kappa shape index (κ1) is 9.22. The minimum Gasteiger partial charge on any atom is -0.366 e. The molecule has 2 aliphatic rings. The van der Waals surface area contributed by atoms with Crippen molar-refractivity contribution in [2.24, 2.45) is 5.92 Å². The summed E-state index contributed by atoms with van der Waals surface area (Å²) in [6.45, 7) is 5.88. The second-order valence-corrected chi connectivity index (χ2v) is 4.77. The van der Waals surface area contributed by atoms with Crippen molar-refractivity contribution in [2.45, 2.75) is 19.4 Å². The van der Waals surface area contributed by atoms with Crippen LogP contribution in [0.4, 0.5) is 5.69 Å². The zero-order valence-electron chi connectivity index (χ0n) is 9.24. The van der Waals surface area contributed by atoms with Crippen LogP contribution in [-0.4, -0.2) is 25.7 Å². The Balaban J connectivity index is 1.90. The number of anilines is 1. The number of nitrogens with one attached hydrogen (secondary N) is 1. The Kier molecular flexibility index (Phi) is 2.17. The van der Waals surface area contributed by atoms with Gasteiger partial charge in [0.2, 0.25) is 0 Å². The van der Waals surface area contributed by atoms with Crippen LogP contribution in [0, 0.1) is 5.92 Å². The molecular weight excluding hydrogens is 184 g/mol. The van der Waals surface area contributed by atoms with E-state index >= 15 is 0 Å². The van der Waals surface area contributed by atoms with Gasteiger partial charge in [-0.1, -0.05) is 25.1 Å². The van der Waals surface area contributed by atoms with E-state index in [9.17, 15) is 0 Å². The number of rotatable bonds is 1. The lowest BCUT2D eigenvalue weighted by Gasteiger charge is -2.29. The van der Waals surface area contributed by atoms with Crippen LogP contribution >= 0.6 is 0 Å². The molecule has 3 rings (SSSR count). The molecule has 0 amide bonds. The molecule has 1 saturated heterocycles. The predicted octanol–water partition coefficient (Wildman–Crippen LogP) is 1.66. The fraction of sp³-hybridized carbons (Fsp3) is 0.538. The van der Waals surface area contributed by atoms with Gasteiger partial charge in [-0.3, -0.25) is 0 Å². The number of hydrogen-bond acceptors (Lipinski definition) is 2. The van der Waals surface area contributed by atoms with E-state index in [1.54, 1.807) is 0 Å². The van der Waals surface area contributed by atoms with Gasteiger partial charge in [0.25, 0.3) is 0 Å². The number of fused-ring (bicyclic) bond motifs is 1. The minimum absolute atomic E-state index is 0.702. The van der Waals surface area contributed by atoms with Crippen LogP contribution in [0.15, 0.2) is 24.3 Å². The van der Waals surface area contributed by atoms with E-state index in [4.69, 9.17) is 0 Å². The van der Waals surface area contributed by atoms with E-state index in [2.05, 4.69) is 41.4 Å². The van der Waals surface area contributed by atoms with Gasteiger partial charge >= 0.3 is 0 Å². The molecule has 2 aliphatic heterocycles. The number of para-hydroxylation sites is 1. The summed E-state index contributed by atoms with van der Waals surface area (Å²) in [7, 11) is 0. The molecule has 15 heavy (non-hydrogen) atoms. The van der Waals surface area contributed by atoms with Gasteiger partial charge in [-0.15, -0.1) is 0 Å². The molecule has 0 saturated carbocycles. The highest BCUT2D eigenvalue weighted by Gasteiger charge is 2.32. The van der Waals surface area contributed by atoms with Gasteiger partial charge < -0.3 is 10.2 Å². The standard InChI is InChI=1S/C13H18N2/c1-10-8-14-9-13(10)15-7-6-11-4-2-3-5-12(11)15/h2-5,10,13-14H,6-9H2,1H3. The lowest BCUT2D eigenvalue weighted by Crippen LogP contribution is -2.38. The van der Waals surface area contributed by atoms with Gasteiger partial charge in [0.05, 0.1) is 0 Å². The molecule has 2 heterocycles. The number of benzene rings is 1. The SMILES string of the molecule is CC1CNCC1N1CCc2ccccc21. The van der Waals surface area contributed by atoms with Gasteiger partial charge in [0.1, 0.15) is 0 Å². The summed E-state index contributed by atoms with van der Waals surface area (Å²) in [5, 5.41) is 3.49. The van der Waals surface area contributed by atoms with E-state index in [-0.39, 0.29) is 0 Å². The second kappa shape index (κ2) is 3.53. The summed E-state index contributed by atoms with van der Waals surface area (Å²) in [6, 6.07) is 9.55. The van der Waals surface area contributed by atoms with Crippen molar-refractivity contribution in [3.8, 4) is 0 Å². The summed E-state index contributed by atoms with van der Waals surface area (Å²) < 4.78 is 0. The molecule has 2 unspecified atom stereocenters. The van der Waals surface area contributed by atoms with E-state index in [1.807, 2.05) is 0 Å². The molecule has 80 valence electrons. The molecule has 1 fully saturated rings. The van der Waals surface area contributed by atoms with Gasteiger partial charge in [-0.25, -0.2) is 0 Å². The summed E-state index contributed by atoms with van der Waals surface area (Å²) in [6.07, 6.45) is 1.22. The third-order valence-electron chi connectivity index (χ3n) is 3.80. The van der Waals surface area contributed by atoms with E-state index in [0.29, 0.717) is 6.04 Å². The smallest absolute Gasteiger partial charge is 0.0452 e. The average molecular weight is 202 g/mol. The number of hydrogen-bond donors (Lipinski definition) is 1. The average Bonchev–Trinajstić information content (AvgIpc) is 2.83. The molecule has 0 spiro atoms. The van der Waals surface area contributed by atoms with Crippen molar-refractivity contribution in [3.05, 3.63) is 29.8 Å². The third-order valence-corrected chi connectivity index (χ3v) is 3.80. The maximum atomic E-state index is 3.49. The first-order valence-electron chi connectivity index (χ1n) is 5.91. The highest BCUT2D eigenvalue weighted by molar-refractivity contribution is 5.58. The first-order valence-corrected chi connectivity index (χ1v) is 5.91. The molecule has 1 aromatic rings. The third kappa shape index (κ3) is 1.44. The molecule has 0 aromatic heterocycles. The minimum atomic E-state index is 0.702. The predicted molar refractivity (Wildman–Crippen MR) is 63.3 cm³/mol. The van der Waals surface area contributed by atoms with Crippen molar-refractivity contribution in [2.75, 3.05) is 24.5 Å². The van der Waals surface area contributed by atoms with Crippen LogP contribution in [0.1, 0.15) is 12.5 Å². The highest BCUT2D eigenvalue weighted by atomic mass is 15.2. The molecular formula is C13H18N2. The Morgan fingerprint density at radius 1 is 1.27 bits per heavy atom. The van der Waals surface area contributed by atoms with Crippen LogP contribution in [0.25, 0.3) is 0 Å². The highest BCUT2D eigenvalue weighted by Crippen LogP contribution is 2.32. The van der Waals surface area contributed by atoms with E-state index < -0.39 is 0 Å². The Hall–Kier alpha value is -1.02. The van der Waals surface area contributed by atoms with Crippen molar-refractivity contribution >= 4 is 5.69 Å². The van der Waals surface area contributed by atoms with Crippen LogP contribution in [0.5, 0.6) is 0 Å². The summed E-state index contributed by atoms with van der Waals surface area (Å²) in [5.41, 5.74) is 3.00. The van der Waals surface area contributed by atoms with Gasteiger partial charge in [-0.2, -0.15) is 0 Å². The lowest BCUT2D eigenvalue weighted by atomic mass is 10.0. The largest absolute Gasteiger partial charge is 0.366 e. The lowest BCUT2D eigenvalue weighted by molar-refractivity contribution is 0.525. The zero-order chi connectivity index (χ0) is 10.3. The monoisotopic (exact) mass is 202 g/mol. The van der Waals surface area contributed by atoms with Crippen LogP contribution in [0.2, 0.25) is 0 Å². The number of nitrogens with zero attached hydrogens (tertiary/aromatic N) is 1. The maximum Gasteiger partial charge on any atom is 0.0452 e. The van der Waals surface area contributed by atoms with Crippen molar-refractivity contribution in [1.82, 2.24) is 5.32 Å². The molecule has 0 aliphatic carbocycles. The molecule has 2 nitrogen and oxygen atoms in total. The fourth-order valence-corrected chi connectivity index (χ4v) is 2.92. The Morgan fingerprint density at radius 3 is 2.93 bits per heavy atom. The van der Waals surface area contributed by atoms with Crippen LogP contribution in [0.3, 0.4) is 0 Å². The van der Waals surface area contributed by atoms with Crippen molar-refractivity contribution in [3.63, 3.8) is 0 Å². The van der Waals surface area contributed by atoms with Gasteiger partial charge in [0.15, 0.2) is 0 Å². The van der Waals surface area contributed by atoms with Crippen LogP contribution < -0.4 is 10.2 Å². The quantitative estimate of drug-likeness (QED) is 0.745. The maximum absolute atomic E-state index is 3.49. The molecule has 0 radical (unpaired) electrons. The van der Waals surface area contributed by atoms with Crippen LogP contribution in [-0.2, 0) is 6.42 Å². The Labute approximate surface area is 91.3 Å². The molecule has 0 bridgehead atoms. The molecule has 2 atom stereocenters. The molecule has 1 aromatic carbocycles. The summed E-state index contributed by atoms with van der Waals surface area (Å²) >= 11 is 0. The summed E-state index contributed by atoms with van der Waals surface area (Å²) in [4.78, 5) is 2.60. The van der Waals surface area contributed by atoms with Gasteiger partial charge in [0, 0.05) is 24.8 Å². The van der Waals surface area contributed by atoms with Gasteiger partial charge in [-0.05, 0) is 30.5 Å². The Bertz CT molecular complexity index is 361. The van der Waals surface area contributed by atoms with E-state index in [0.717, 1.165) is 12.5 Å². The zero-order valence-corrected chi connectivity index (χ0v) is 9.24. The first-order chi connectivity index (χ1) is 7.36. The van der Waals surface area contributed by atoms with Crippen molar-refractivity contribution in [1.29, 1.82) is 0 Å². The fourth-order valence-electron chi connectivity index (χ4n) is 2.92. The second-order valence-electron chi connectivity index (χ2n) is 4.77. The van der Waals surface area contributed by atoms with E-state index in [1.165, 1.54) is 30.8 Å². The normalized spacial score (nSPS) is 29.5.